The van der Waals surface area contributed by atoms with Crippen molar-refractivity contribution < 1.29 is 4.39 Å². The fourth-order valence-electron chi connectivity index (χ4n) is 1.09. The van der Waals surface area contributed by atoms with Gasteiger partial charge >= 0.3 is 0 Å². The molecule has 0 unspecified atom stereocenters. The zero-order valence-corrected chi connectivity index (χ0v) is 9.50. The Bertz CT molecular complexity index is 418. The van der Waals surface area contributed by atoms with E-state index >= 15 is 0 Å². The average molecular weight is 208 g/mol. The van der Waals surface area contributed by atoms with Crippen LogP contribution in [0.2, 0.25) is 0 Å². The second-order valence-corrected chi connectivity index (χ2v) is 3.50. The van der Waals surface area contributed by atoms with Crippen LogP contribution in [0.25, 0.3) is 5.52 Å². The maximum absolute atomic E-state index is 12.6. The van der Waals surface area contributed by atoms with E-state index in [1.165, 1.54) is 29.6 Å². The number of hydrogen-bond acceptors (Lipinski definition) is 1. The summed E-state index contributed by atoms with van der Waals surface area (Å²) in [6, 6.07) is 3.15. The summed E-state index contributed by atoms with van der Waals surface area (Å²) >= 11 is 0. The molecule has 0 aliphatic carbocycles. The highest BCUT2D eigenvalue weighted by Gasteiger charge is 1.98. The SMILES string of the molecule is CCCC.Cc1cnn2cc(F)ccc12. The molecule has 0 bridgehead atoms. The van der Waals surface area contributed by atoms with Crippen LogP contribution >= 0.6 is 0 Å². The normalized spacial score (nSPS) is 9.87. The number of hydrogen-bond donors (Lipinski definition) is 0. The van der Waals surface area contributed by atoms with Crippen molar-refractivity contribution >= 4 is 5.52 Å². The van der Waals surface area contributed by atoms with Crippen LogP contribution in [0.4, 0.5) is 4.39 Å². The van der Waals surface area contributed by atoms with Crippen LogP contribution in [0.15, 0.2) is 24.5 Å². The van der Waals surface area contributed by atoms with Crippen molar-refractivity contribution in [3.8, 4) is 0 Å². The molecule has 2 aromatic heterocycles. The van der Waals surface area contributed by atoms with Gasteiger partial charge in [-0.05, 0) is 24.6 Å². The van der Waals surface area contributed by atoms with Gasteiger partial charge in [0.1, 0.15) is 5.82 Å². The molecule has 82 valence electrons. The topological polar surface area (TPSA) is 17.3 Å². The quantitative estimate of drug-likeness (QED) is 0.700. The molecule has 3 heteroatoms. The summed E-state index contributed by atoms with van der Waals surface area (Å²) in [4.78, 5) is 0. The Balaban J connectivity index is 0.000000245. The van der Waals surface area contributed by atoms with Crippen LogP contribution in [0.5, 0.6) is 0 Å². The van der Waals surface area contributed by atoms with Gasteiger partial charge < -0.3 is 0 Å². The molecule has 0 saturated carbocycles. The fraction of sp³-hybridized carbons (Fsp3) is 0.417. The molecule has 0 aromatic carbocycles. The minimum atomic E-state index is -0.263. The number of unbranched alkanes of at least 4 members (excludes halogenated alkanes) is 1. The van der Waals surface area contributed by atoms with E-state index in [9.17, 15) is 4.39 Å². The van der Waals surface area contributed by atoms with Gasteiger partial charge in [0, 0.05) is 0 Å². The first kappa shape index (κ1) is 11.7. The molecule has 0 amide bonds. The lowest BCUT2D eigenvalue weighted by molar-refractivity contribution is 0.615. The summed E-state index contributed by atoms with van der Waals surface area (Å²) in [5, 5.41) is 3.96. The number of nitrogens with zero attached hydrogens (tertiary/aromatic N) is 2. The smallest absolute Gasteiger partial charge is 0.141 e. The zero-order valence-electron chi connectivity index (χ0n) is 9.50. The maximum atomic E-state index is 12.6. The van der Waals surface area contributed by atoms with Crippen LogP contribution in [-0.4, -0.2) is 9.61 Å². The van der Waals surface area contributed by atoms with Crippen molar-refractivity contribution in [2.24, 2.45) is 0 Å². The molecular weight excluding hydrogens is 191 g/mol. The van der Waals surface area contributed by atoms with E-state index in [-0.39, 0.29) is 5.82 Å². The predicted octanol–water partition coefficient (Wildman–Crippen LogP) is 3.59. The molecule has 0 aliphatic rings. The molecule has 2 aromatic rings. The molecule has 0 spiro atoms. The van der Waals surface area contributed by atoms with Gasteiger partial charge in [0.15, 0.2) is 0 Å². The summed E-state index contributed by atoms with van der Waals surface area (Å²) in [6.45, 7) is 6.31. The van der Waals surface area contributed by atoms with E-state index in [4.69, 9.17) is 0 Å². The van der Waals surface area contributed by atoms with Crippen LogP contribution in [0.3, 0.4) is 0 Å². The van der Waals surface area contributed by atoms with E-state index in [0.29, 0.717) is 0 Å². The van der Waals surface area contributed by atoms with E-state index in [1.54, 1.807) is 12.3 Å². The predicted molar refractivity (Wildman–Crippen MR) is 60.5 cm³/mol. The van der Waals surface area contributed by atoms with Crippen LogP contribution in [-0.2, 0) is 0 Å². The molecule has 0 saturated heterocycles. The second kappa shape index (κ2) is 5.49. The third-order valence-electron chi connectivity index (χ3n) is 2.17. The number of aryl methyl sites for hydroxylation is 1. The van der Waals surface area contributed by atoms with Gasteiger partial charge in [-0.1, -0.05) is 26.7 Å². The van der Waals surface area contributed by atoms with Gasteiger partial charge in [0.25, 0.3) is 0 Å². The molecule has 0 aliphatic heterocycles. The molecule has 2 rings (SSSR count). The minimum absolute atomic E-state index is 0.263. The van der Waals surface area contributed by atoms with Crippen molar-refractivity contribution in [1.82, 2.24) is 9.61 Å². The molecular formula is C12H17FN2. The Morgan fingerprint density at radius 1 is 1.27 bits per heavy atom. The van der Waals surface area contributed by atoms with Crippen LogP contribution < -0.4 is 0 Å². The highest BCUT2D eigenvalue weighted by Crippen LogP contribution is 2.08. The number of rotatable bonds is 1. The summed E-state index contributed by atoms with van der Waals surface area (Å²) in [5.41, 5.74) is 2.01. The zero-order chi connectivity index (χ0) is 11.3. The van der Waals surface area contributed by atoms with Crippen LogP contribution in [0, 0.1) is 12.7 Å². The Morgan fingerprint density at radius 3 is 2.53 bits per heavy atom. The minimum Gasteiger partial charge on any atom is -0.238 e. The Kier molecular flexibility index (Phi) is 4.28. The van der Waals surface area contributed by atoms with Gasteiger partial charge in [-0.2, -0.15) is 5.10 Å². The third kappa shape index (κ3) is 3.05. The Hall–Kier alpha value is -1.38. The summed E-state index contributed by atoms with van der Waals surface area (Å²) in [6.07, 6.45) is 5.72. The largest absolute Gasteiger partial charge is 0.238 e. The standard InChI is InChI=1S/C8H7FN2.C4H10/c1-6-4-10-11-5-7(9)2-3-8(6)11;1-3-4-2/h2-5H,1H3;3-4H2,1-2H3. The van der Waals surface area contributed by atoms with Gasteiger partial charge in [0.05, 0.1) is 17.9 Å². The van der Waals surface area contributed by atoms with Crippen molar-refractivity contribution in [1.29, 1.82) is 0 Å². The number of fused-ring (bicyclic) bond motifs is 1. The average Bonchev–Trinajstić information content (AvgIpc) is 2.60. The van der Waals surface area contributed by atoms with Crippen molar-refractivity contribution in [2.75, 3.05) is 0 Å². The first-order valence-corrected chi connectivity index (χ1v) is 5.28. The highest BCUT2D eigenvalue weighted by atomic mass is 19.1. The summed E-state index contributed by atoms with van der Waals surface area (Å²) < 4.78 is 14.1. The van der Waals surface area contributed by atoms with Crippen LogP contribution in [0.1, 0.15) is 32.3 Å². The molecule has 0 radical (unpaired) electrons. The van der Waals surface area contributed by atoms with Gasteiger partial charge in [-0.3, -0.25) is 0 Å². The molecule has 15 heavy (non-hydrogen) atoms. The van der Waals surface area contributed by atoms with Gasteiger partial charge in [0.2, 0.25) is 0 Å². The van der Waals surface area contributed by atoms with Crippen molar-refractivity contribution in [2.45, 2.75) is 33.6 Å². The maximum Gasteiger partial charge on any atom is 0.141 e. The number of aromatic nitrogens is 2. The number of halogens is 1. The van der Waals surface area contributed by atoms with Gasteiger partial charge in [-0.25, -0.2) is 8.91 Å². The molecule has 0 atom stereocenters. The lowest BCUT2D eigenvalue weighted by Gasteiger charge is -1.92. The van der Waals surface area contributed by atoms with Crippen molar-refractivity contribution in [3.05, 3.63) is 35.9 Å². The van der Waals surface area contributed by atoms with Gasteiger partial charge in [-0.15, -0.1) is 0 Å². The molecule has 2 nitrogen and oxygen atoms in total. The first-order chi connectivity index (χ1) is 7.19. The van der Waals surface area contributed by atoms with E-state index < -0.39 is 0 Å². The second-order valence-electron chi connectivity index (χ2n) is 3.50. The fourth-order valence-corrected chi connectivity index (χ4v) is 1.09. The number of pyridine rings is 1. The lowest BCUT2D eigenvalue weighted by atomic mass is 10.3. The molecule has 0 N–H and O–H groups in total. The van der Waals surface area contributed by atoms with E-state index in [1.807, 2.05) is 6.92 Å². The monoisotopic (exact) mass is 208 g/mol. The third-order valence-corrected chi connectivity index (χ3v) is 2.17. The summed E-state index contributed by atoms with van der Waals surface area (Å²) in [7, 11) is 0. The van der Waals surface area contributed by atoms with E-state index in [0.717, 1.165) is 11.1 Å². The highest BCUT2D eigenvalue weighted by molar-refractivity contribution is 5.52. The summed E-state index contributed by atoms with van der Waals surface area (Å²) in [5.74, 6) is -0.263. The molecule has 0 fully saturated rings. The van der Waals surface area contributed by atoms with E-state index in [2.05, 4.69) is 18.9 Å². The Labute approximate surface area is 89.7 Å². The first-order valence-electron chi connectivity index (χ1n) is 5.28. The van der Waals surface area contributed by atoms with Crippen molar-refractivity contribution in [3.63, 3.8) is 0 Å². The Morgan fingerprint density at radius 2 is 1.93 bits per heavy atom. The lowest BCUT2D eigenvalue weighted by Crippen LogP contribution is -1.87. The molecule has 2 heterocycles.